The Morgan fingerprint density at radius 3 is 2.24 bits per heavy atom. The van der Waals surface area contributed by atoms with Crippen LogP contribution in [0.1, 0.15) is 39.4 Å². The lowest BCUT2D eigenvalue weighted by molar-refractivity contribution is -0.135. The molecule has 7 heteroatoms. The van der Waals surface area contributed by atoms with Crippen LogP contribution in [0.4, 0.5) is 0 Å². The Balaban J connectivity index is 1.59. The number of fused-ring (bicyclic) bond motifs is 3. The van der Waals surface area contributed by atoms with Crippen molar-refractivity contribution in [1.29, 1.82) is 0 Å². The lowest BCUT2D eigenvalue weighted by atomic mass is 9.85. The van der Waals surface area contributed by atoms with Crippen LogP contribution in [-0.2, 0) is 4.79 Å². The average molecular weight is 458 g/mol. The molecule has 0 bridgehead atoms. The molecule has 0 aromatic heterocycles. The number of rotatable bonds is 5. The number of ether oxygens (including phenoxy) is 5. The van der Waals surface area contributed by atoms with Gasteiger partial charge in [-0.2, -0.15) is 0 Å². The highest BCUT2D eigenvalue weighted by molar-refractivity contribution is 6.15. The highest BCUT2D eigenvalue weighted by Crippen LogP contribution is 2.49. The van der Waals surface area contributed by atoms with Gasteiger partial charge in [0.05, 0.1) is 33.3 Å². The average Bonchev–Trinajstić information content (AvgIpc) is 3.18. The molecule has 2 heterocycles. The molecule has 34 heavy (non-hydrogen) atoms. The minimum atomic E-state index is -0.321. The number of hydrogen-bond donors (Lipinski definition) is 0. The van der Waals surface area contributed by atoms with Gasteiger partial charge in [-0.15, -0.1) is 0 Å². The van der Waals surface area contributed by atoms with Crippen LogP contribution in [0.15, 0.2) is 60.4 Å². The van der Waals surface area contributed by atoms with Crippen molar-refractivity contribution in [2.24, 2.45) is 0 Å². The molecule has 0 fully saturated rings. The van der Waals surface area contributed by atoms with Gasteiger partial charge in [-0.3, -0.25) is 9.59 Å². The predicted octanol–water partition coefficient (Wildman–Crippen LogP) is 4.77. The third-order valence-electron chi connectivity index (χ3n) is 5.97. The number of allylic oxidation sites excluding steroid dienone is 1. The molecule has 0 radical (unpaired) electrons. The summed E-state index contributed by atoms with van der Waals surface area (Å²) >= 11 is 0. The summed E-state index contributed by atoms with van der Waals surface area (Å²) in [4.78, 5) is 25.5. The number of benzene rings is 3. The second kappa shape index (κ2) is 8.59. The molecule has 7 nitrogen and oxygen atoms in total. The molecule has 0 amide bonds. The Hall–Kier alpha value is -4.26. The summed E-state index contributed by atoms with van der Waals surface area (Å²) in [6.45, 7) is 0. The maximum absolute atomic E-state index is 13.2. The third-order valence-corrected chi connectivity index (χ3v) is 5.97. The van der Waals surface area contributed by atoms with E-state index in [2.05, 4.69) is 0 Å². The van der Waals surface area contributed by atoms with Crippen LogP contribution in [0.2, 0.25) is 0 Å². The van der Waals surface area contributed by atoms with E-state index in [1.807, 2.05) is 30.3 Å². The Kier molecular flexibility index (Phi) is 5.45. The molecule has 172 valence electrons. The van der Waals surface area contributed by atoms with E-state index in [-0.39, 0.29) is 29.9 Å². The largest absolute Gasteiger partial charge is 0.493 e. The first-order valence-corrected chi connectivity index (χ1v) is 10.7. The second-order valence-corrected chi connectivity index (χ2v) is 7.89. The molecule has 0 aliphatic carbocycles. The highest BCUT2D eigenvalue weighted by Gasteiger charge is 2.38. The van der Waals surface area contributed by atoms with Gasteiger partial charge in [-0.05, 0) is 41.5 Å². The smallest absolute Gasteiger partial charge is 0.312 e. The van der Waals surface area contributed by atoms with E-state index in [4.69, 9.17) is 23.7 Å². The predicted molar refractivity (Wildman–Crippen MR) is 124 cm³/mol. The molecule has 3 aromatic carbocycles. The van der Waals surface area contributed by atoms with E-state index < -0.39 is 0 Å². The Bertz CT molecular complexity index is 1300. The lowest BCUT2D eigenvalue weighted by Gasteiger charge is -2.26. The van der Waals surface area contributed by atoms with Crippen LogP contribution in [0, 0.1) is 0 Å². The summed E-state index contributed by atoms with van der Waals surface area (Å²) in [6.07, 6.45) is 1.79. The maximum Gasteiger partial charge on any atom is 0.312 e. The van der Waals surface area contributed by atoms with Crippen molar-refractivity contribution in [2.75, 3.05) is 21.3 Å². The van der Waals surface area contributed by atoms with Gasteiger partial charge in [-0.25, -0.2) is 0 Å². The number of carbonyl (C=O) groups excluding carboxylic acids is 2. The summed E-state index contributed by atoms with van der Waals surface area (Å²) in [6, 6.07) is 16.4. The van der Waals surface area contributed by atoms with E-state index >= 15 is 0 Å². The van der Waals surface area contributed by atoms with Crippen molar-refractivity contribution in [3.8, 4) is 28.7 Å². The normalized spacial score (nSPS) is 17.5. The molecular weight excluding hydrogens is 436 g/mol. The molecule has 0 unspecified atom stereocenters. The van der Waals surface area contributed by atoms with E-state index in [0.29, 0.717) is 45.4 Å². The standard InChI is InChI=1S/C27H22O7/c1-30-21-12-15(13-22(31-2)27(21)32-3)11-20-25(29)17-9-10-19-24(26(17)34-20)18(14-23(28)33-19)16-7-5-4-6-8-16/h4-13,18H,14H2,1-3H3/b20-11-/t18-/m1/s1. The van der Waals surface area contributed by atoms with Crippen molar-refractivity contribution in [3.05, 3.63) is 82.6 Å². The summed E-state index contributed by atoms with van der Waals surface area (Å²) in [5.41, 5.74) is 2.72. The van der Waals surface area contributed by atoms with Gasteiger partial charge in [0.2, 0.25) is 11.5 Å². The minimum Gasteiger partial charge on any atom is -0.493 e. The van der Waals surface area contributed by atoms with Crippen LogP contribution in [0.3, 0.4) is 0 Å². The zero-order valence-corrected chi connectivity index (χ0v) is 18.9. The first kappa shape index (κ1) is 21.6. The number of carbonyl (C=O) groups is 2. The van der Waals surface area contributed by atoms with Gasteiger partial charge < -0.3 is 23.7 Å². The van der Waals surface area contributed by atoms with Gasteiger partial charge in [0.1, 0.15) is 11.5 Å². The van der Waals surface area contributed by atoms with Crippen LogP contribution >= 0.6 is 0 Å². The van der Waals surface area contributed by atoms with Gasteiger partial charge in [0.15, 0.2) is 17.3 Å². The second-order valence-electron chi connectivity index (χ2n) is 7.89. The monoisotopic (exact) mass is 458 g/mol. The summed E-state index contributed by atoms with van der Waals surface area (Å²) in [5, 5.41) is 0. The maximum atomic E-state index is 13.2. The summed E-state index contributed by atoms with van der Waals surface area (Å²) in [7, 11) is 4.58. The minimum absolute atomic E-state index is 0.154. The highest BCUT2D eigenvalue weighted by atomic mass is 16.5. The van der Waals surface area contributed by atoms with E-state index in [9.17, 15) is 9.59 Å². The molecule has 0 N–H and O–H groups in total. The zero-order valence-electron chi connectivity index (χ0n) is 18.9. The van der Waals surface area contributed by atoms with Crippen LogP contribution in [0.5, 0.6) is 28.7 Å². The van der Waals surface area contributed by atoms with Crippen LogP contribution in [-0.4, -0.2) is 33.1 Å². The third kappa shape index (κ3) is 3.55. The Morgan fingerprint density at radius 2 is 1.59 bits per heavy atom. The van der Waals surface area contributed by atoms with E-state index in [1.165, 1.54) is 21.3 Å². The lowest BCUT2D eigenvalue weighted by Crippen LogP contribution is -2.21. The SMILES string of the molecule is COc1cc(/C=C2\Oc3c(ccc4c3[C@@H](c3ccccc3)CC(=O)O4)C2=O)cc(OC)c1OC. The van der Waals surface area contributed by atoms with Gasteiger partial charge in [0.25, 0.3) is 0 Å². The first-order valence-electron chi connectivity index (χ1n) is 10.7. The summed E-state index contributed by atoms with van der Waals surface area (Å²) in [5.74, 6) is 1.51. The van der Waals surface area contributed by atoms with Crippen molar-refractivity contribution < 1.29 is 33.3 Å². The Labute approximate surface area is 196 Å². The fourth-order valence-corrected chi connectivity index (χ4v) is 4.41. The zero-order chi connectivity index (χ0) is 23.8. The number of hydrogen-bond acceptors (Lipinski definition) is 7. The van der Waals surface area contributed by atoms with E-state index in [1.54, 1.807) is 30.3 Å². The van der Waals surface area contributed by atoms with Crippen molar-refractivity contribution >= 4 is 17.8 Å². The van der Waals surface area contributed by atoms with Crippen molar-refractivity contribution in [2.45, 2.75) is 12.3 Å². The van der Waals surface area contributed by atoms with Crippen LogP contribution in [0.25, 0.3) is 6.08 Å². The van der Waals surface area contributed by atoms with Gasteiger partial charge in [0, 0.05) is 11.5 Å². The Morgan fingerprint density at radius 1 is 0.882 bits per heavy atom. The number of Topliss-reactive ketones (excluding diaryl/α,β-unsaturated/α-hetero) is 1. The molecule has 0 saturated heterocycles. The quantitative estimate of drug-likeness (QED) is 0.310. The van der Waals surface area contributed by atoms with Gasteiger partial charge in [-0.1, -0.05) is 30.3 Å². The molecular formula is C27H22O7. The topological polar surface area (TPSA) is 80.3 Å². The van der Waals surface area contributed by atoms with Crippen LogP contribution < -0.4 is 23.7 Å². The van der Waals surface area contributed by atoms with E-state index in [0.717, 1.165) is 5.56 Å². The number of esters is 1. The fraction of sp³-hybridized carbons (Fsp3) is 0.185. The fourth-order valence-electron chi connectivity index (χ4n) is 4.41. The molecule has 3 aromatic rings. The molecule has 5 rings (SSSR count). The molecule has 2 aliphatic rings. The van der Waals surface area contributed by atoms with Crippen molar-refractivity contribution in [1.82, 2.24) is 0 Å². The molecule has 0 spiro atoms. The summed E-state index contributed by atoms with van der Waals surface area (Å²) < 4.78 is 27.8. The first-order chi connectivity index (χ1) is 16.5. The van der Waals surface area contributed by atoms with Gasteiger partial charge >= 0.3 is 5.97 Å². The molecule has 2 aliphatic heterocycles. The molecule has 1 atom stereocenters. The number of methoxy groups -OCH3 is 3. The number of ketones is 1. The molecule has 0 saturated carbocycles. The van der Waals surface area contributed by atoms with Crippen molar-refractivity contribution in [3.63, 3.8) is 0 Å².